The Bertz CT molecular complexity index is 430. The minimum absolute atomic E-state index is 0.105. The lowest BCUT2D eigenvalue weighted by atomic mass is 9.89. The van der Waals surface area contributed by atoms with Crippen molar-refractivity contribution in [2.45, 2.75) is 56.4 Å². The highest BCUT2D eigenvalue weighted by atomic mass is 127. The molecule has 1 aliphatic heterocycles. The molecule has 17 heavy (non-hydrogen) atoms. The minimum Gasteiger partial charge on any atom is -0.356 e. The fourth-order valence-corrected chi connectivity index (χ4v) is 4.27. The lowest BCUT2D eigenvalue weighted by Crippen LogP contribution is -2.53. The van der Waals surface area contributed by atoms with Crippen molar-refractivity contribution >= 4 is 22.6 Å². The van der Waals surface area contributed by atoms with Gasteiger partial charge in [-0.15, -0.1) is 0 Å². The van der Waals surface area contributed by atoms with Crippen LogP contribution in [0.25, 0.3) is 0 Å². The lowest BCUT2D eigenvalue weighted by molar-refractivity contribution is -0.0830. The molecule has 1 aliphatic rings. The molecule has 0 aliphatic carbocycles. The largest absolute Gasteiger partial charge is 0.356 e. The third kappa shape index (κ3) is 1.82. The molecule has 1 aromatic rings. The van der Waals surface area contributed by atoms with Gasteiger partial charge in [0, 0.05) is 17.5 Å². The highest BCUT2D eigenvalue weighted by Crippen LogP contribution is 2.48. The summed E-state index contributed by atoms with van der Waals surface area (Å²) in [5, 5.41) is 3.93. The van der Waals surface area contributed by atoms with Crippen LogP contribution in [-0.2, 0) is 5.79 Å². The summed E-state index contributed by atoms with van der Waals surface area (Å²) in [5.74, 6) is -0.976. The molecule has 0 fully saturated rings. The first-order valence-electron chi connectivity index (χ1n) is 5.86. The van der Waals surface area contributed by atoms with E-state index in [9.17, 15) is 0 Å². The van der Waals surface area contributed by atoms with Crippen molar-refractivity contribution < 1.29 is 8.91 Å². The van der Waals surface area contributed by atoms with Crippen molar-refractivity contribution in [2.24, 2.45) is 0 Å². The van der Waals surface area contributed by atoms with E-state index in [1.54, 1.807) is 6.92 Å². The summed E-state index contributed by atoms with van der Waals surface area (Å²) in [6.07, 6.45) is 0. The van der Waals surface area contributed by atoms with Gasteiger partial charge < -0.3 is 4.52 Å². The molecule has 0 amide bonds. The van der Waals surface area contributed by atoms with E-state index in [1.165, 1.54) is 0 Å². The lowest BCUT2D eigenvalue weighted by Gasteiger charge is -2.45. The zero-order chi connectivity index (χ0) is 13.0. The normalized spacial score (nSPS) is 34.1. The SMILES string of the molecule is Cc1noc2c1C(C)C(I)N(C(C)C)C2(C)F. The van der Waals surface area contributed by atoms with Gasteiger partial charge in [0.15, 0.2) is 5.76 Å². The Morgan fingerprint density at radius 1 is 1.53 bits per heavy atom. The van der Waals surface area contributed by atoms with Crippen molar-refractivity contribution in [2.75, 3.05) is 0 Å². The Morgan fingerprint density at radius 2 is 2.12 bits per heavy atom. The van der Waals surface area contributed by atoms with Crippen LogP contribution in [0.15, 0.2) is 4.52 Å². The number of alkyl halides is 2. The molecule has 0 bridgehead atoms. The Kier molecular flexibility index (Phi) is 3.27. The first kappa shape index (κ1) is 13.3. The standard InChI is InChI=1S/C12H18FIN2O/c1-6(2)16-11(14)7(3)9-8(4)15-17-10(9)12(16,5)13/h6-7,11H,1-5H3. The summed E-state index contributed by atoms with van der Waals surface area (Å²) in [4.78, 5) is 1.85. The van der Waals surface area contributed by atoms with E-state index in [1.807, 2.05) is 25.7 Å². The van der Waals surface area contributed by atoms with Crippen LogP contribution in [0.3, 0.4) is 0 Å². The van der Waals surface area contributed by atoms with E-state index in [0.29, 0.717) is 5.76 Å². The highest BCUT2D eigenvalue weighted by Gasteiger charge is 2.51. The maximum Gasteiger partial charge on any atom is 0.223 e. The summed E-state index contributed by atoms with van der Waals surface area (Å²) >= 11 is 2.31. The molecule has 0 saturated heterocycles. The maximum absolute atomic E-state index is 15.0. The smallest absolute Gasteiger partial charge is 0.223 e. The van der Waals surface area contributed by atoms with E-state index >= 15 is 4.39 Å². The summed E-state index contributed by atoms with van der Waals surface area (Å²) in [6, 6.07) is 0.118. The van der Waals surface area contributed by atoms with Crippen molar-refractivity contribution in [3.05, 3.63) is 17.0 Å². The van der Waals surface area contributed by atoms with Crippen LogP contribution in [0, 0.1) is 6.92 Å². The number of nitrogens with zero attached hydrogens (tertiary/aromatic N) is 2. The van der Waals surface area contributed by atoms with Gasteiger partial charge in [0.1, 0.15) is 0 Å². The van der Waals surface area contributed by atoms with Gasteiger partial charge in [-0.2, -0.15) is 0 Å². The predicted molar refractivity (Wildman–Crippen MR) is 72.9 cm³/mol. The molecule has 0 spiro atoms. The molecule has 5 heteroatoms. The third-order valence-corrected chi connectivity index (χ3v) is 5.18. The molecule has 1 aromatic heterocycles. The van der Waals surface area contributed by atoms with Crippen LogP contribution < -0.4 is 0 Å². The third-order valence-electron chi connectivity index (χ3n) is 3.50. The van der Waals surface area contributed by atoms with Crippen molar-refractivity contribution in [3.8, 4) is 0 Å². The number of hydrogen-bond donors (Lipinski definition) is 0. The van der Waals surface area contributed by atoms with Crippen molar-refractivity contribution in [1.29, 1.82) is 0 Å². The number of hydrogen-bond acceptors (Lipinski definition) is 3. The monoisotopic (exact) mass is 352 g/mol. The molecular weight excluding hydrogens is 334 g/mol. The Balaban J connectivity index is 2.60. The second-order valence-electron chi connectivity index (χ2n) is 5.13. The number of fused-ring (bicyclic) bond motifs is 1. The highest BCUT2D eigenvalue weighted by molar-refractivity contribution is 14.1. The summed E-state index contributed by atoms with van der Waals surface area (Å²) < 4.78 is 20.3. The molecule has 2 rings (SSSR count). The molecule has 3 nitrogen and oxygen atoms in total. The summed E-state index contributed by atoms with van der Waals surface area (Å²) in [6.45, 7) is 9.55. The fraction of sp³-hybridized carbons (Fsp3) is 0.750. The second-order valence-corrected chi connectivity index (χ2v) is 6.40. The van der Waals surface area contributed by atoms with Gasteiger partial charge in [-0.05, 0) is 27.7 Å². The topological polar surface area (TPSA) is 29.3 Å². The Hall–Kier alpha value is -0.170. The van der Waals surface area contributed by atoms with Gasteiger partial charge in [0.05, 0.1) is 9.74 Å². The van der Waals surface area contributed by atoms with E-state index < -0.39 is 5.79 Å². The van der Waals surface area contributed by atoms with Crippen LogP contribution in [-0.4, -0.2) is 20.1 Å². The van der Waals surface area contributed by atoms with E-state index in [0.717, 1.165) is 11.3 Å². The van der Waals surface area contributed by atoms with Gasteiger partial charge in [0.25, 0.3) is 0 Å². The van der Waals surface area contributed by atoms with Gasteiger partial charge >= 0.3 is 0 Å². The van der Waals surface area contributed by atoms with Gasteiger partial charge in [-0.1, -0.05) is 34.7 Å². The summed E-state index contributed by atoms with van der Waals surface area (Å²) in [7, 11) is 0. The molecule has 0 saturated carbocycles. The molecule has 0 radical (unpaired) electrons. The van der Waals surface area contributed by atoms with Crippen LogP contribution in [0.5, 0.6) is 0 Å². The van der Waals surface area contributed by atoms with E-state index in [4.69, 9.17) is 4.52 Å². The Labute approximate surface area is 115 Å². The molecule has 0 N–H and O–H groups in total. The minimum atomic E-state index is -1.58. The van der Waals surface area contributed by atoms with Crippen LogP contribution in [0.4, 0.5) is 4.39 Å². The first-order valence-corrected chi connectivity index (χ1v) is 7.11. The van der Waals surface area contributed by atoms with Gasteiger partial charge in [-0.3, -0.25) is 4.90 Å². The zero-order valence-corrected chi connectivity index (χ0v) is 12.9. The molecular formula is C12H18FIN2O. The molecule has 96 valence electrons. The van der Waals surface area contributed by atoms with Gasteiger partial charge in [0.2, 0.25) is 5.79 Å². The second kappa shape index (κ2) is 4.19. The first-order chi connectivity index (χ1) is 7.78. The van der Waals surface area contributed by atoms with Crippen LogP contribution >= 0.6 is 22.6 Å². The zero-order valence-electron chi connectivity index (χ0n) is 10.8. The molecule has 3 atom stereocenters. The van der Waals surface area contributed by atoms with E-state index in [-0.39, 0.29) is 16.0 Å². The Morgan fingerprint density at radius 3 is 2.65 bits per heavy atom. The number of aryl methyl sites for hydroxylation is 1. The quantitative estimate of drug-likeness (QED) is 0.438. The fourth-order valence-electron chi connectivity index (χ4n) is 2.74. The average molecular weight is 352 g/mol. The number of rotatable bonds is 1. The van der Waals surface area contributed by atoms with Gasteiger partial charge in [-0.25, -0.2) is 4.39 Å². The van der Waals surface area contributed by atoms with Crippen molar-refractivity contribution in [1.82, 2.24) is 10.1 Å². The van der Waals surface area contributed by atoms with E-state index in [2.05, 4.69) is 34.7 Å². The van der Waals surface area contributed by atoms with Crippen molar-refractivity contribution in [3.63, 3.8) is 0 Å². The number of halogens is 2. The molecule has 2 heterocycles. The maximum atomic E-state index is 15.0. The predicted octanol–water partition coefficient (Wildman–Crippen LogP) is 3.71. The van der Waals surface area contributed by atoms with Crippen LogP contribution in [0.1, 0.15) is 50.6 Å². The molecule has 0 aromatic carbocycles. The number of aromatic nitrogens is 1. The summed E-state index contributed by atoms with van der Waals surface area (Å²) in [5.41, 5.74) is 1.74. The average Bonchev–Trinajstić information content (AvgIpc) is 2.57. The van der Waals surface area contributed by atoms with Crippen LogP contribution in [0.2, 0.25) is 0 Å². The molecule has 3 unspecified atom stereocenters.